The highest BCUT2D eigenvalue weighted by Gasteiger charge is 2.23. The lowest BCUT2D eigenvalue weighted by Crippen LogP contribution is -2.30. The van der Waals surface area contributed by atoms with E-state index in [1.807, 2.05) is 5.32 Å². The highest BCUT2D eigenvalue weighted by atomic mass is 19.1. The minimum atomic E-state index is -1.77. The predicted molar refractivity (Wildman–Crippen MR) is 60.9 cm³/mol. The van der Waals surface area contributed by atoms with Crippen LogP contribution in [0.3, 0.4) is 0 Å². The van der Waals surface area contributed by atoms with Gasteiger partial charge in [-0.2, -0.15) is 0 Å². The van der Waals surface area contributed by atoms with Crippen LogP contribution in [0.5, 0.6) is 0 Å². The molecule has 1 aliphatic rings. The summed E-state index contributed by atoms with van der Waals surface area (Å²) in [6.45, 7) is 0. The molecule has 92 valence electrons. The first-order chi connectivity index (χ1) is 8.47. The summed E-state index contributed by atoms with van der Waals surface area (Å²) >= 11 is 0. The molecule has 0 bridgehead atoms. The second-order valence-electron chi connectivity index (χ2n) is 3.62. The fraction of sp³-hybridized carbons (Fsp3) is 0. The van der Waals surface area contributed by atoms with Crippen LogP contribution in [0.15, 0.2) is 23.9 Å². The summed E-state index contributed by atoms with van der Waals surface area (Å²) < 4.78 is 13.6. The van der Waals surface area contributed by atoms with Gasteiger partial charge in [0.2, 0.25) is 0 Å². The Morgan fingerprint density at radius 2 is 1.94 bits per heavy atom. The Hall–Kier alpha value is -2.19. The van der Waals surface area contributed by atoms with Gasteiger partial charge in [-0.05, 0) is 17.6 Å². The molecule has 3 amide bonds. The van der Waals surface area contributed by atoms with Gasteiger partial charge in [0.1, 0.15) is 11.5 Å². The van der Waals surface area contributed by atoms with Gasteiger partial charge in [0.05, 0.1) is 0 Å². The highest BCUT2D eigenvalue weighted by molar-refractivity contribution is 6.58. The number of nitrogens with one attached hydrogen (secondary N) is 2. The number of halogens is 1. The molecule has 0 aromatic heterocycles. The monoisotopic (exact) mass is 250 g/mol. The topological polar surface area (TPSA) is 98.7 Å². The van der Waals surface area contributed by atoms with Crippen molar-refractivity contribution in [2.24, 2.45) is 0 Å². The molecule has 1 fully saturated rings. The number of benzene rings is 1. The number of hydrogen-bond acceptors (Lipinski definition) is 4. The quantitative estimate of drug-likeness (QED) is 0.297. The second-order valence-corrected chi connectivity index (χ2v) is 3.62. The fourth-order valence-electron chi connectivity index (χ4n) is 1.46. The Morgan fingerprint density at radius 3 is 2.44 bits per heavy atom. The van der Waals surface area contributed by atoms with Crippen molar-refractivity contribution in [2.75, 3.05) is 0 Å². The van der Waals surface area contributed by atoms with Gasteiger partial charge >= 0.3 is 13.1 Å². The van der Waals surface area contributed by atoms with E-state index in [-0.39, 0.29) is 16.7 Å². The fourth-order valence-corrected chi connectivity index (χ4v) is 1.46. The Balaban J connectivity index is 2.33. The van der Waals surface area contributed by atoms with Crippen LogP contribution >= 0.6 is 0 Å². The molecule has 0 spiro atoms. The molecule has 8 heteroatoms. The van der Waals surface area contributed by atoms with E-state index in [1.54, 1.807) is 0 Å². The van der Waals surface area contributed by atoms with Crippen LogP contribution in [-0.4, -0.2) is 29.1 Å². The summed E-state index contributed by atoms with van der Waals surface area (Å²) in [6, 6.07) is 2.84. The minimum absolute atomic E-state index is 0.00504. The van der Waals surface area contributed by atoms with Crippen LogP contribution in [0.2, 0.25) is 0 Å². The van der Waals surface area contributed by atoms with Crippen molar-refractivity contribution < 1.29 is 24.0 Å². The van der Waals surface area contributed by atoms with E-state index < -0.39 is 24.9 Å². The van der Waals surface area contributed by atoms with Gasteiger partial charge in [-0.1, -0.05) is 12.1 Å². The van der Waals surface area contributed by atoms with Gasteiger partial charge in [0.15, 0.2) is 0 Å². The molecule has 1 aromatic rings. The van der Waals surface area contributed by atoms with Gasteiger partial charge in [-0.15, -0.1) is 0 Å². The Kier molecular flexibility index (Phi) is 3.13. The Bertz CT molecular complexity index is 559. The maximum atomic E-state index is 13.6. The standard InChI is InChI=1S/C10H8BFN2O4/c12-7-4-6(11(17)18)2-1-5(7)3-8-9(15)14-10(16)13-8/h1-4,17-18H,(H2,13,14,15,16)/b8-3-. The third-order valence-electron chi connectivity index (χ3n) is 2.34. The van der Waals surface area contributed by atoms with Gasteiger partial charge in [0.25, 0.3) is 5.91 Å². The SMILES string of the molecule is O=C1NC(=O)/C(=C/c2ccc(B(O)O)cc2F)N1. The highest BCUT2D eigenvalue weighted by Crippen LogP contribution is 2.11. The molecule has 0 unspecified atom stereocenters. The van der Waals surface area contributed by atoms with E-state index in [9.17, 15) is 14.0 Å². The summed E-state index contributed by atoms with van der Waals surface area (Å²) in [5, 5.41) is 21.9. The third kappa shape index (κ3) is 2.39. The van der Waals surface area contributed by atoms with Gasteiger partial charge in [-0.25, -0.2) is 9.18 Å². The van der Waals surface area contributed by atoms with Crippen molar-refractivity contribution in [3.05, 3.63) is 35.3 Å². The lowest BCUT2D eigenvalue weighted by atomic mass is 9.80. The molecule has 1 saturated heterocycles. The molecule has 4 N–H and O–H groups in total. The zero-order valence-electron chi connectivity index (χ0n) is 8.98. The maximum Gasteiger partial charge on any atom is 0.488 e. The number of amides is 3. The van der Waals surface area contributed by atoms with Crippen LogP contribution in [0.1, 0.15) is 5.56 Å². The van der Waals surface area contributed by atoms with Crippen molar-refractivity contribution >= 4 is 30.6 Å². The molecule has 18 heavy (non-hydrogen) atoms. The first kappa shape index (κ1) is 12.3. The van der Waals surface area contributed by atoms with Crippen molar-refractivity contribution in [3.63, 3.8) is 0 Å². The lowest BCUT2D eigenvalue weighted by molar-refractivity contribution is -0.115. The van der Waals surface area contributed by atoms with Crippen LogP contribution in [0.4, 0.5) is 9.18 Å². The van der Waals surface area contributed by atoms with Crippen molar-refractivity contribution in [1.82, 2.24) is 10.6 Å². The number of rotatable bonds is 2. The molecule has 2 rings (SSSR count). The van der Waals surface area contributed by atoms with Crippen molar-refractivity contribution in [2.45, 2.75) is 0 Å². The summed E-state index contributed by atoms with van der Waals surface area (Å²) in [5.41, 5.74) is -0.0301. The average Bonchev–Trinajstić information content (AvgIpc) is 2.60. The Morgan fingerprint density at radius 1 is 1.22 bits per heavy atom. The molecule has 1 heterocycles. The first-order valence-electron chi connectivity index (χ1n) is 4.97. The number of hydrogen-bond donors (Lipinski definition) is 4. The van der Waals surface area contributed by atoms with Gasteiger partial charge in [0, 0.05) is 5.56 Å². The van der Waals surface area contributed by atoms with E-state index in [0.29, 0.717) is 0 Å². The number of carbonyl (C=O) groups is 2. The average molecular weight is 250 g/mol. The van der Waals surface area contributed by atoms with Crippen LogP contribution in [0.25, 0.3) is 6.08 Å². The molecule has 0 aliphatic carbocycles. The first-order valence-corrected chi connectivity index (χ1v) is 4.97. The second kappa shape index (κ2) is 4.59. The third-order valence-corrected chi connectivity index (χ3v) is 2.34. The normalized spacial score (nSPS) is 16.7. The minimum Gasteiger partial charge on any atom is -0.423 e. The van der Waals surface area contributed by atoms with E-state index in [2.05, 4.69) is 5.32 Å². The van der Waals surface area contributed by atoms with E-state index in [1.165, 1.54) is 12.1 Å². The summed E-state index contributed by atoms with van der Waals surface area (Å²) in [7, 11) is -1.77. The maximum absolute atomic E-state index is 13.6. The zero-order valence-corrected chi connectivity index (χ0v) is 8.98. The molecule has 6 nitrogen and oxygen atoms in total. The smallest absolute Gasteiger partial charge is 0.423 e. The van der Waals surface area contributed by atoms with E-state index in [4.69, 9.17) is 10.0 Å². The Labute approximate surface area is 101 Å². The number of carbonyl (C=O) groups excluding carboxylic acids is 2. The van der Waals surface area contributed by atoms with E-state index in [0.717, 1.165) is 12.1 Å². The molecule has 1 aliphatic heterocycles. The molecule has 0 radical (unpaired) electrons. The molecular formula is C10H8BFN2O4. The van der Waals surface area contributed by atoms with Crippen LogP contribution < -0.4 is 16.1 Å². The molecule has 0 atom stereocenters. The molecular weight excluding hydrogens is 242 g/mol. The van der Waals surface area contributed by atoms with Crippen molar-refractivity contribution in [3.8, 4) is 0 Å². The largest absolute Gasteiger partial charge is 0.488 e. The number of urea groups is 1. The van der Waals surface area contributed by atoms with Gasteiger partial charge < -0.3 is 15.4 Å². The summed E-state index contributed by atoms with van der Waals surface area (Å²) in [6.07, 6.45) is 1.16. The summed E-state index contributed by atoms with van der Waals surface area (Å²) in [5.74, 6) is -1.38. The van der Waals surface area contributed by atoms with Gasteiger partial charge in [-0.3, -0.25) is 10.1 Å². The molecule has 1 aromatic carbocycles. The predicted octanol–water partition coefficient (Wildman–Crippen LogP) is -1.31. The number of imide groups is 1. The molecule has 0 saturated carbocycles. The lowest BCUT2D eigenvalue weighted by Gasteiger charge is -2.02. The van der Waals surface area contributed by atoms with Crippen LogP contribution in [0, 0.1) is 5.82 Å². The summed E-state index contributed by atoms with van der Waals surface area (Å²) in [4.78, 5) is 22.0. The van der Waals surface area contributed by atoms with Crippen molar-refractivity contribution in [1.29, 1.82) is 0 Å². The van der Waals surface area contributed by atoms with Crippen LogP contribution in [-0.2, 0) is 4.79 Å². The zero-order chi connectivity index (χ0) is 13.3. The van der Waals surface area contributed by atoms with E-state index >= 15 is 0 Å².